The van der Waals surface area contributed by atoms with E-state index in [0.29, 0.717) is 12.5 Å². The normalized spacial score (nSPS) is 19.8. The maximum absolute atomic E-state index is 11.9. The van der Waals surface area contributed by atoms with Crippen LogP contribution in [0.1, 0.15) is 43.1 Å². The van der Waals surface area contributed by atoms with Gasteiger partial charge in [0.2, 0.25) is 5.82 Å². The summed E-state index contributed by atoms with van der Waals surface area (Å²) in [5, 5.41) is 9.68. The van der Waals surface area contributed by atoms with E-state index < -0.39 is 0 Å². The summed E-state index contributed by atoms with van der Waals surface area (Å²) in [5.74, 6) is 1.42. The monoisotopic (exact) mass is 265 g/mol. The molecule has 6 nitrogen and oxygen atoms in total. The van der Waals surface area contributed by atoms with Crippen LogP contribution in [0, 0.1) is 5.92 Å². The summed E-state index contributed by atoms with van der Waals surface area (Å²) in [7, 11) is 0. The van der Waals surface area contributed by atoms with Crippen molar-refractivity contribution in [1.82, 2.24) is 25.4 Å². The zero-order valence-corrected chi connectivity index (χ0v) is 11.8. The number of amides is 1. The topological polar surface area (TPSA) is 73.9 Å². The van der Waals surface area contributed by atoms with E-state index >= 15 is 0 Å². The van der Waals surface area contributed by atoms with E-state index in [1.807, 2.05) is 0 Å². The molecule has 0 radical (unpaired) electrons. The van der Waals surface area contributed by atoms with Gasteiger partial charge < -0.3 is 10.2 Å². The molecule has 106 valence electrons. The van der Waals surface area contributed by atoms with E-state index in [0.717, 1.165) is 44.7 Å². The summed E-state index contributed by atoms with van der Waals surface area (Å²) in [6, 6.07) is 0. The van der Waals surface area contributed by atoms with Gasteiger partial charge in [0.05, 0.1) is 0 Å². The third-order valence-electron chi connectivity index (χ3n) is 3.59. The van der Waals surface area contributed by atoms with Crippen molar-refractivity contribution in [3.8, 4) is 0 Å². The third-order valence-corrected chi connectivity index (χ3v) is 3.59. The lowest BCUT2D eigenvalue weighted by Gasteiger charge is -2.13. The number of carbonyl (C=O) groups excluding carboxylic acids is 1. The van der Waals surface area contributed by atoms with E-state index in [2.05, 4.69) is 39.2 Å². The number of hydrogen-bond donors (Lipinski definition) is 2. The Kier molecular flexibility index (Phi) is 4.90. The van der Waals surface area contributed by atoms with E-state index in [-0.39, 0.29) is 11.7 Å². The van der Waals surface area contributed by atoms with Crippen molar-refractivity contribution >= 4 is 5.91 Å². The lowest BCUT2D eigenvalue weighted by atomic mass is 10.1. The fourth-order valence-electron chi connectivity index (χ4n) is 2.43. The van der Waals surface area contributed by atoms with Gasteiger partial charge in [0.25, 0.3) is 5.91 Å². The Balaban J connectivity index is 1.77. The van der Waals surface area contributed by atoms with Crippen LogP contribution in [0.5, 0.6) is 0 Å². The van der Waals surface area contributed by atoms with E-state index in [1.165, 1.54) is 0 Å². The third kappa shape index (κ3) is 3.76. The maximum atomic E-state index is 11.9. The van der Waals surface area contributed by atoms with Gasteiger partial charge in [-0.1, -0.05) is 13.8 Å². The van der Waals surface area contributed by atoms with Gasteiger partial charge in [0.15, 0.2) is 0 Å². The summed E-state index contributed by atoms with van der Waals surface area (Å²) in [4.78, 5) is 18.5. The number of rotatable bonds is 6. The van der Waals surface area contributed by atoms with Gasteiger partial charge in [-0.05, 0) is 31.8 Å². The van der Waals surface area contributed by atoms with E-state index in [4.69, 9.17) is 0 Å². The largest absolute Gasteiger partial charge is 0.349 e. The molecule has 1 saturated heterocycles. The molecular formula is C13H23N5O. The van der Waals surface area contributed by atoms with Crippen LogP contribution in [-0.2, 0) is 6.42 Å². The molecular weight excluding hydrogens is 242 g/mol. The molecule has 1 aromatic rings. The van der Waals surface area contributed by atoms with E-state index in [9.17, 15) is 4.79 Å². The summed E-state index contributed by atoms with van der Waals surface area (Å²) in [5.41, 5.74) is 0. The summed E-state index contributed by atoms with van der Waals surface area (Å²) in [6.45, 7) is 8.26. The van der Waals surface area contributed by atoms with Crippen LogP contribution in [0.2, 0.25) is 0 Å². The second kappa shape index (κ2) is 6.65. The molecule has 6 heteroatoms. The molecule has 0 aliphatic carbocycles. The Bertz CT molecular complexity index is 417. The first-order valence-electron chi connectivity index (χ1n) is 7.14. The van der Waals surface area contributed by atoms with Gasteiger partial charge in [-0.15, -0.1) is 5.10 Å². The predicted molar refractivity (Wildman–Crippen MR) is 72.9 cm³/mol. The molecule has 1 fully saturated rings. The summed E-state index contributed by atoms with van der Waals surface area (Å²) < 4.78 is 0. The number of likely N-dealkylation sites (tertiary alicyclic amines) is 1. The minimum absolute atomic E-state index is 0.173. The number of aromatic amines is 1. The molecule has 1 atom stereocenters. The molecule has 2 N–H and O–H groups in total. The minimum atomic E-state index is -0.173. The molecule has 0 saturated carbocycles. The van der Waals surface area contributed by atoms with Gasteiger partial charge in [-0.3, -0.25) is 9.89 Å². The van der Waals surface area contributed by atoms with Crippen molar-refractivity contribution in [3.05, 3.63) is 11.6 Å². The highest BCUT2D eigenvalue weighted by Crippen LogP contribution is 2.14. The molecule has 0 spiro atoms. The number of nitrogens with zero attached hydrogens (tertiary/aromatic N) is 3. The van der Waals surface area contributed by atoms with Crippen LogP contribution in [0.25, 0.3) is 0 Å². The van der Waals surface area contributed by atoms with Crippen molar-refractivity contribution < 1.29 is 4.79 Å². The van der Waals surface area contributed by atoms with Crippen molar-refractivity contribution in [2.45, 2.75) is 33.1 Å². The first kappa shape index (κ1) is 14.0. The van der Waals surface area contributed by atoms with Crippen molar-refractivity contribution in [3.63, 3.8) is 0 Å². The molecule has 1 amide bonds. The van der Waals surface area contributed by atoms with Crippen LogP contribution in [0.4, 0.5) is 0 Å². The predicted octanol–water partition coefficient (Wildman–Crippen LogP) is 0.829. The zero-order valence-electron chi connectivity index (χ0n) is 11.8. The van der Waals surface area contributed by atoms with Gasteiger partial charge in [0, 0.05) is 19.5 Å². The molecule has 1 aromatic heterocycles. The average Bonchev–Trinajstić information content (AvgIpc) is 3.05. The van der Waals surface area contributed by atoms with Gasteiger partial charge in [-0.2, -0.15) is 0 Å². The van der Waals surface area contributed by atoms with Crippen LogP contribution in [0.15, 0.2) is 0 Å². The number of hydrogen-bond acceptors (Lipinski definition) is 4. The Morgan fingerprint density at radius 1 is 1.53 bits per heavy atom. The van der Waals surface area contributed by atoms with E-state index in [1.54, 1.807) is 0 Å². The first-order valence-corrected chi connectivity index (χ1v) is 7.14. The highest BCUT2D eigenvalue weighted by Gasteiger charge is 2.22. The number of H-pyrrole nitrogens is 1. The summed E-state index contributed by atoms with van der Waals surface area (Å²) >= 11 is 0. The fourth-order valence-corrected chi connectivity index (χ4v) is 2.43. The molecule has 2 rings (SSSR count). The second-order valence-electron chi connectivity index (χ2n) is 5.11. The Morgan fingerprint density at radius 2 is 2.37 bits per heavy atom. The molecule has 1 aliphatic rings. The molecule has 1 unspecified atom stereocenters. The molecule has 0 bridgehead atoms. The number of aryl methyl sites for hydroxylation is 1. The standard InChI is InChI=1S/C13H23N5O/c1-3-5-11-15-12(17-16-11)13(19)14-8-10-6-7-18(4-2)9-10/h10H,3-9H2,1-2H3,(H,14,19)(H,15,16,17). The molecule has 1 aliphatic heterocycles. The molecule has 2 heterocycles. The number of aromatic nitrogens is 3. The van der Waals surface area contributed by atoms with Gasteiger partial charge >= 0.3 is 0 Å². The maximum Gasteiger partial charge on any atom is 0.290 e. The number of nitrogens with one attached hydrogen (secondary N) is 2. The van der Waals surface area contributed by atoms with Crippen LogP contribution < -0.4 is 5.32 Å². The molecule has 0 aromatic carbocycles. The first-order chi connectivity index (χ1) is 9.22. The van der Waals surface area contributed by atoms with Crippen molar-refractivity contribution in [2.75, 3.05) is 26.2 Å². The minimum Gasteiger partial charge on any atom is -0.349 e. The fraction of sp³-hybridized carbons (Fsp3) is 0.769. The van der Waals surface area contributed by atoms with Crippen LogP contribution >= 0.6 is 0 Å². The number of carbonyl (C=O) groups is 1. The quantitative estimate of drug-likeness (QED) is 0.799. The van der Waals surface area contributed by atoms with Gasteiger partial charge in [-0.25, -0.2) is 4.98 Å². The molecule has 19 heavy (non-hydrogen) atoms. The Labute approximate surface area is 114 Å². The van der Waals surface area contributed by atoms with Crippen molar-refractivity contribution in [1.29, 1.82) is 0 Å². The smallest absolute Gasteiger partial charge is 0.290 e. The Hall–Kier alpha value is -1.43. The van der Waals surface area contributed by atoms with Crippen LogP contribution in [0.3, 0.4) is 0 Å². The Morgan fingerprint density at radius 3 is 3.05 bits per heavy atom. The highest BCUT2D eigenvalue weighted by molar-refractivity contribution is 5.90. The lowest BCUT2D eigenvalue weighted by Crippen LogP contribution is -2.31. The van der Waals surface area contributed by atoms with Crippen molar-refractivity contribution in [2.24, 2.45) is 5.92 Å². The zero-order chi connectivity index (χ0) is 13.7. The average molecular weight is 265 g/mol. The highest BCUT2D eigenvalue weighted by atomic mass is 16.2. The lowest BCUT2D eigenvalue weighted by molar-refractivity contribution is 0.0937. The second-order valence-corrected chi connectivity index (χ2v) is 5.11. The SMILES string of the molecule is CCCc1nc(C(=O)NCC2CCN(CC)C2)n[nH]1. The van der Waals surface area contributed by atoms with Gasteiger partial charge in [0.1, 0.15) is 5.82 Å². The van der Waals surface area contributed by atoms with Crippen LogP contribution in [-0.4, -0.2) is 52.2 Å². The summed E-state index contributed by atoms with van der Waals surface area (Å²) in [6.07, 6.45) is 2.97.